The van der Waals surface area contributed by atoms with Crippen molar-refractivity contribution in [3.8, 4) is 0 Å². The molecule has 0 radical (unpaired) electrons. The monoisotopic (exact) mass is 410 g/mol. The Bertz CT molecular complexity index is 951. The molecule has 1 aliphatic rings. The van der Waals surface area contributed by atoms with Crippen LogP contribution in [0.1, 0.15) is 47.5 Å². The number of rotatable bonds is 7. The Morgan fingerprint density at radius 2 is 2.10 bits per heavy atom. The number of hydrogen-bond donors (Lipinski definition) is 1. The highest BCUT2D eigenvalue weighted by molar-refractivity contribution is 7.09. The molecule has 3 aromatic rings. The summed E-state index contributed by atoms with van der Waals surface area (Å²) in [5.41, 5.74) is 2.48. The second-order valence-corrected chi connectivity index (χ2v) is 8.75. The van der Waals surface area contributed by atoms with Crippen LogP contribution >= 0.6 is 11.3 Å². The number of fused-ring (bicyclic) bond motifs is 1. The fourth-order valence-electron chi connectivity index (χ4n) is 3.62. The van der Waals surface area contributed by atoms with Gasteiger partial charge >= 0.3 is 0 Å². The van der Waals surface area contributed by atoms with Crippen LogP contribution in [0, 0.1) is 0 Å². The van der Waals surface area contributed by atoms with Gasteiger partial charge in [0.05, 0.1) is 12.6 Å². The van der Waals surface area contributed by atoms with Gasteiger partial charge in [0.15, 0.2) is 5.82 Å². The van der Waals surface area contributed by atoms with Crippen molar-refractivity contribution in [3.05, 3.63) is 69.5 Å². The quantitative estimate of drug-likeness (QED) is 0.645. The first kappa shape index (κ1) is 19.8. The number of hydrogen-bond acceptors (Lipinski definition) is 6. The highest BCUT2D eigenvalue weighted by atomic mass is 32.1. The summed E-state index contributed by atoms with van der Waals surface area (Å²) in [5.74, 6) is 1.53. The smallest absolute Gasteiger partial charge is 0.240 e. The van der Waals surface area contributed by atoms with Gasteiger partial charge in [0.25, 0.3) is 0 Å². The zero-order valence-electron chi connectivity index (χ0n) is 16.8. The van der Waals surface area contributed by atoms with Crippen molar-refractivity contribution < 1.29 is 9.32 Å². The summed E-state index contributed by atoms with van der Waals surface area (Å²) in [4.78, 5) is 21.0. The number of carbonyl (C=O) groups excluding carboxylic acids is 1. The summed E-state index contributed by atoms with van der Waals surface area (Å²) < 4.78 is 5.44. The van der Waals surface area contributed by atoms with Crippen LogP contribution in [-0.2, 0) is 30.7 Å². The molecule has 3 heterocycles. The van der Waals surface area contributed by atoms with E-state index in [4.69, 9.17) is 4.52 Å². The molecule has 1 aliphatic heterocycles. The number of benzene rings is 1. The number of nitrogens with one attached hydrogen (secondary N) is 1. The molecular formula is C22H26N4O2S. The van der Waals surface area contributed by atoms with Crippen LogP contribution in [-0.4, -0.2) is 33.5 Å². The molecule has 6 nitrogen and oxygen atoms in total. The number of thiophene rings is 1. The van der Waals surface area contributed by atoms with Crippen molar-refractivity contribution in [1.29, 1.82) is 0 Å². The van der Waals surface area contributed by atoms with Crippen molar-refractivity contribution >= 4 is 17.2 Å². The summed E-state index contributed by atoms with van der Waals surface area (Å²) in [5, 5.41) is 9.24. The molecule has 2 aromatic heterocycles. The predicted molar refractivity (Wildman–Crippen MR) is 113 cm³/mol. The molecular weight excluding hydrogens is 384 g/mol. The summed E-state index contributed by atoms with van der Waals surface area (Å²) in [6.07, 6.45) is 1.54. The fraction of sp³-hybridized carbons (Fsp3) is 0.409. The number of amides is 1. The van der Waals surface area contributed by atoms with E-state index in [1.165, 1.54) is 16.0 Å². The van der Waals surface area contributed by atoms with Gasteiger partial charge in [0.1, 0.15) is 0 Å². The van der Waals surface area contributed by atoms with Crippen molar-refractivity contribution in [2.45, 2.75) is 51.7 Å². The SMILES string of the molecule is CC(C)c1noc(CN2Cc3ccccc3C[C@@H]2C(=O)NCCc2cccs2)n1. The van der Waals surface area contributed by atoms with Gasteiger partial charge in [-0.15, -0.1) is 11.3 Å². The second-order valence-electron chi connectivity index (χ2n) is 7.72. The Kier molecular flexibility index (Phi) is 6.06. The van der Waals surface area contributed by atoms with E-state index in [0.717, 1.165) is 6.42 Å². The van der Waals surface area contributed by atoms with Crippen molar-refractivity contribution in [3.63, 3.8) is 0 Å². The largest absolute Gasteiger partial charge is 0.354 e. The van der Waals surface area contributed by atoms with Gasteiger partial charge in [-0.05, 0) is 35.4 Å². The number of aromatic nitrogens is 2. The van der Waals surface area contributed by atoms with Crippen molar-refractivity contribution in [2.24, 2.45) is 0 Å². The Hall–Kier alpha value is -2.51. The number of carbonyl (C=O) groups is 1. The molecule has 0 bridgehead atoms. The second kappa shape index (κ2) is 8.88. The van der Waals surface area contributed by atoms with Gasteiger partial charge in [-0.1, -0.05) is 49.3 Å². The van der Waals surface area contributed by atoms with Gasteiger partial charge in [0.2, 0.25) is 11.8 Å². The van der Waals surface area contributed by atoms with E-state index in [-0.39, 0.29) is 17.9 Å². The van der Waals surface area contributed by atoms with Crippen LogP contribution in [0.25, 0.3) is 0 Å². The normalized spacial score (nSPS) is 16.7. The summed E-state index contributed by atoms with van der Waals surface area (Å²) >= 11 is 1.72. The lowest BCUT2D eigenvalue weighted by atomic mass is 9.93. The van der Waals surface area contributed by atoms with Crippen LogP contribution in [0.2, 0.25) is 0 Å². The molecule has 0 saturated carbocycles. The summed E-state index contributed by atoms with van der Waals surface area (Å²) in [7, 11) is 0. The van der Waals surface area contributed by atoms with E-state index >= 15 is 0 Å². The van der Waals surface area contributed by atoms with E-state index in [1.54, 1.807) is 11.3 Å². The van der Waals surface area contributed by atoms with E-state index in [2.05, 4.69) is 43.9 Å². The summed E-state index contributed by atoms with van der Waals surface area (Å²) in [6.45, 7) is 5.88. The zero-order valence-corrected chi connectivity index (χ0v) is 17.6. The highest BCUT2D eigenvalue weighted by Gasteiger charge is 2.32. The molecule has 1 atom stereocenters. The van der Waals surface area contributed by atoms with E-state index in [9.17, 15) is 4.79 Å². The van der Waals surface area contributed by atoms with Crippen LogP contribution in [0.15, 0.2) is 46.3 Å². The molecule has 0 fully saturated rings. The van der Waals surface area contributed by atoms with Gasteiger partial charge in [-0.25, -0.2) is 0 Å². The van der Waals surface area contributed by atoms with E-state index in [0.29, 0.717) is 37.8 Å². The van der Waals surface area contributed by atoms with Gasteiger partial charge in [-0.2, -0.15) is 4.98 Å². The van der Waals surface area contributed by atoms with Crippen LogP contribution < -0.4 is 5.32 Å². The van der Waals surface area contributed by atoms with Crippen LogP contribution in [0.4, 0.5) is 0 Å². The maximum absolute atomic E-state index is 13.0. The minimum Gasteiger partial charge on any atom is -0.354 e. The molecule has 0 saturated heterocycles. The van der Waals surface area contributed by atoms with Crippen molar-refractivity contribution in [2.75, 3.05) is 6.54 Å². The van der Waals surface area contributed by atoms with E-state index in [1.807, 2.05) is 32.0 Å². The molecule has 7 heteroatoms. The molecule has 1 aromatic carbocycles. The highest BCUT2D eigenvalue weighted by Crippen LogP contribution is 2.25. The molecule has 0 unspecified atom stereocenters. The molecule has 0 aliphatic carbocycles. The lowest BCUT2D eigenvalue weighted by Gasteiger charge is -2.35. The third-order valence-electron chi connectivity index (χ3n) is 5.24. The first-order chi connectivity index (χ1) is 14.1. The van der Waals surface area contributed by atoms with Gasteiger partial charge in [-0.3, -0.25) is 9.69 Å². The maximum Gasteiger partial charge on any atom is 0.240 e. The average Bonchev–Trinajstić information content (AvgIpc) is 3.39. The Morgan fingerprint density at radius 3 is 2.83 bits per heavy atom. The first-order valence-corrected chi connectivity index (χ1v) is 10.9. The minimum absolute atomic E-state index is 0.0552. The van der Waals surface area contributed by atoms with Crippen molar-refractivity contribution in [1.82, 2.24) is 20.4 Å². The molecule has 1 N–H and O–H groups in total. The molecule has 4 rings (SSSR count). The average molecular weight is 411 g/mol. The molecule has 0 spiro atoms. The third kappa shape index (κ3) is 4.74. The minimum atomic E-state index is -0.248. The summed E-state index contributed by atoms with van der Waals surface area (Å²) in [6, 6.07) is 12.2. The lowest BCUT2D eigenvalue weighted by Crippen LogP contribution is -2.50. The zero-order chi connectivity index (χ0) is 20.2. The first-order valence-electron chi connectivity index (χ1n) is 10.0. The van der Waals surface area contributed by atoms with Gasteiger partial charge in [0, 0.05) is 23.9 Å². The van der Waals surface area contributed by atoms with Gasteiger partial charge < -0.3 is 9.84 Å². The maximum atomic E-state index is 13.0. The Labute approximate surface area is 174 Å². The van der Waals surface area contributed by atoms with Crippen LogP contribution in [0.3, 0.4) is 0 Å². The Morgan fingerprint density at radius 1 is 1.28 bits per heavy atom. The third-order valence-corrected chi connectivity index (χ3v) is 6.17. The fourth-order valence-corrected chi connectivity index (χ4v) is 4.33. The molecule has 152 valence electrons. The lowest BCUT2D eigenvalue weighted by molar-refractivity contribution is -0.127. The van der Waals surface area contributed by atoms with Crippen LogP contribution in [0.5, 0.6) is 0 Å². The molecule has 29 heavy (non-hydrogen) atoms. The topological polar surface area (TPSA) is 71.3 Å². The predicted octanol–water partition coefficient (Wildman–Crippen LogP) is 3.54. The van der Waals surface area contributed by atoms with E-state index < -0.39 is 0 Å². The molecule has 1 amide bonds. The number of nitrogens with zero attached hydrogens (tertiary/aromatic N) is 3. The Balaban J connectivity index is 1.47. The standard InChI is InChI=1S/C22H26N4O2S/c1-15(2)21-24-20(28-25-21)14-26-13-17-7-4-3-6-16(17)12-19(26)22(27)23-10-9-18-8-5-11-29-18/h3-8,11,15,19H,9-10,12-14H2,1-2H3,(H,23,27)/t19-/m1/s1.